The first-order valence-electron chi connectivity index (χ1n) is 10.9. The summed E-state index contributed by atoms with van der Waals surface area (Å²) in [5.74, 6) is -1.40. The minimum Gasteiger partial charge on any atom is -0.496 e. The molecule has 2 amide bonds. The van der Waals surface area contributed by atoms with Crippen LogP contribution in [0.4, 0.5) is 19.4 Å². The van der Waals surface area contributed by atoms with Crippen LogP contribution in [0.15, 0.2) is 30.5 Å². The van der Waals surface area contributed by atoms with E-state index in [0.717, 1.165) is 25.1 Å². The molecule has 1 fully saturated rings. The quantitative estimate of drug-likeness (QED) is 0.650. The lowest BCUT2D eigenvalue weighted by Crippen LogP contribution is -2.43. The lowest BCUT2D eigenvalue weighted by molar-refractivity contribution is -0.121. The summed E-state index contributed by atoms with van der Waals surface area (Å²) in [6, 6.07) is 4.99. The number of pyridine rings is 1. The fraction of sp³-hybridized carbons (Fsp3) is 0.458. The van der Waals surface area contributed by atoms with Crippen molar-refractivity contribution in [1.82, 2.24) is 10.3 Å². The van der Waals surface area contributed by atoms with Gasteiger partial charge in [-0.15, -0.1) is 0 Å². The number of hydrogen-bond acceptors (Lipinski definition) is 5. The number of carbonyl (C=O) groups excluding carboxylic acids is 2. The highest BCUT2D eigenvalue weighted by Gasteiger charge is 2.29. The number of methoxy groups -OCH3 is 1. The molecule has 0 spiro atoms. The molecule has 2 atom stereocenters. The molecular weight excluding hydrogens is 432 g/mol. The molecule has 0 bridgehead atoms. The van der Waals surface area contributed by atoms with Gasteiger partial charge in [-0.2, -0.15) is 0 Å². The smallest absolute Gasteiger partial charge is 0.407 e. The molecule has 1 heterocycles. The van der Waals surface area contributed by atoms with Crippen LogP contribution in [-0.4, -0.2) is 35.7 Å². The Hall–Kier alpha value is -3.23. The lowest BCUT2D eigenvalue weighted by atomic mass is 9.85. The molecule has 7 nitrogen and oxygen atoms in total. The third-order valence-electron chi connectivity index (χ3n) is 5.33. The zero-order valence-corrected chi connectivity index (χ0v) is 19.2. The Morgan fingerprint density at radius 1 is 1.12 bits per heavy atom. The Morgan fingerprint density at radius 3 is 2.58 bits per heavy atom. The molecule has 1 aliphatic carbocycles. The molecule has 1 aromatic carbocycles. The van der Waals surface area contributed by atoms with Crippen LogP contribution >= 0.6 is 0 Å². The van der Waals surface area contributed by atoms with Crippen molar-refractivity contribution in [1.29, 1.82) is 0 Å². The highest BCUT2D eigenvalue weighted by Crippen LogP contribution is 2.34. The topological polar surface area (TPSA) is 89.6 Å². The summed E-state index contributed by atoms with van der Waals surface area (Å²) in [7, 11) is 1.37. The molecule has 1 aromatic heterocycles. The number of halogens is 2. The third-order valence-corrected chi connectivity index (χ3v) is 5.33. The zero-order chi connectivity index (χ0) is 24.2. The van der Waals surface area contributed by atoms with Crippen molar-refractivity contribution in [2.75, 3.05) is 12.4 Å². The summed E-state index contributed by atoms with van der Waals surface area (Å²) < 4.78 is 38.5. The number of amides is 2. The van der Waals surface area contributed by atoms with Gasteiger partial charge in [0.1, 0.15) is 28.8 Å². The van der Waals surface area contributed by atoms with Gasteiger partial charge < -0.3 is 20.1 Å². The Labute approximate surface area is 191 Å². The van der Waals surface area contributed by atoms with Gasteiger partial charge >= 0.3 is 6.09 Å². The number of nitrogens with zero attached hydrogens (tertiary/aromatic N) is 1. The van der Waals surface area contributed by atoms with Crippen molar-refractivity contribution in [2.24, 2.45) is 5.92 Å². The SMILES string of the molecule is COc1cc(F)ccc1-c1cc(NC(=O)C2CCCC(NC(=O)OC(C)(C)C)C2)ncc1F. The van der Waals surface area contributed by atoms with Gasteiger partial charge in [-0.3, -0.25) is 4.79 Å². The van der Waals surface area contributed by atoms with Crippen molar-refractivity contribution >= 4 is 17.8 Å². The van der Waals surface area contributed by atoms with E-state index in [1.165, 1.54) is 25.3 Å². The first-order valence-corrected chi connectivity index (χ1v) is 10.9. The maximum absolute atomic E-state index is 14.5. The summed E-state index contributed by atoms with van der Waals surface area (Å²) in [5, 5.41) is 5.56. The van der Waals surface area contributed by atoms with Crippen LogP contribution in [0.25, 0.3) is 11.1 Å². The minimum absolute atomic E-state index is 0.130. The van der Waals surface area contributed by atoms with Crippen molar-refractivity contribution in [3.8, 4) is 16.9 Å². The molecule has 1 aliphatic rings. The Kier molecular flexibility index (Phi) is 7.50. The summed E-state index contributed by atoms with van der Waals surface area (Å²) in [6.07, 6.45) is 3.15. The van der Waals surface area contributed by atoms with Crippen LogP contribution in [0.2, 0.25) is 0 Å². The van der Waals surface area contributed by atoms with Gasteiger partial charge in [-0.05, 0) is 58.2 Å². The average molecular weight is 462 g/mol. The number of ether oxygens (including phenoxy) is 2. The summed E-state index contributed by atoms with van der Waals surface area (Å²) in [6.45, 7) is 5.36. The molecule has 0 saturated heterocycles. The van der Waals surface area contributed by atoms with E-state index in [4.69, 9.17) is 9.47 Å². The number of carbonyl (C=O) groups is 2. The van der Waals surface area contributed by atoms with E-state index in [2.05, 4.69) is 15.6 Å². The molecular formula is C24H29F2N3O4. The number of anilines is 1. The molecule has 0 aliphatic heterocycles. The number of alkyl carbamates (subject to hydrolysis) is 1. The number of rotatable bonds is 5. The summed E-state index contributed by atoms with van der Waals surface area (Å²) in [5.41, 5.74) is -0.131. The second-order valence-corrected chi connectivity index (χ2v) is 9.09. The molecule has 2 aromatic rings. The first-order chi connectivity index (χ1) is 15.6. The second-order valence-electron chi connectivity index (χ2n) is 9.09. The monoisotopic (exact) mass is 461 g/mol. The van der Waals surface area contributed by atoms with Gasteiger partial charge in [0.25, 0.3) is 0 Å². The minimum atomic E-state index is -0.628. The normalized spacial score (nSPS) is 18.4. The largest absolute Gasteiger partial charge is 0.496 e. The molecule has 33 heavy (non-hydrogen) atoms. The maximum Gasteiger partial charge on any atom is 0.407 e. The van der Waals surface area contributed by atoms with E-state index >= 15 is 0 Å². The van der Waals surface area contributed by atoms with Gasteiger partial charge in [0.2, 0.25) is 5.91 Å². The predicted octanol–water partition coefficient (Wildman–Crippen LogP) is 5.06. The second kappa shape index (κ2) is 10.1. The number of nitrogens with one attached hydrogen (secondary N) is 2. The highest BCUT2D eigenvalue weighted by molar-refractivity contribution is 5.92. The van der Waals surface area contributed by atoms with Crippen LogP contribution in [0.1, 0.15) is 46.5 Å². The van der Waals surface area contributed by atoms with Crippen LogP contribution in [0, 0.1) is 17.6 Å². The van der Waals surface area contributed by atoms with E-state index in [-0.39, 0.29) is 35.0 Å². The van der Waals surface area contributed by atoms with Crippen LogP contribution in [0.5, 0.6) is 5.75 Å². The molecule has 9 heteroatoms. The van der Waals surface area contributed by atoms with Crippen LogP contribution in [0.3, 0.4) is 0 Å². The Bertz CT molecular complexity index is 1020. The van der Waals surface area contributed by atoms with Gasteiger partial charge in [-0.25, -0.2) is 18.6 Å². The predicted molar refractivity (Wildman–Crippen MR) is 120 cm³/mol. The maximum atomic E-state index is 14.5. The highest BCUT2D eigenvalue weighted by atomic mass is 19.1. The Balaban J connectivity index is 1.69. The standard InChI is InChI=1S/C24H29F2N3O4/c1-24(2,3)33-23(31)28-16-7-5-6-14(10-16)22(30)29-21-12-18(19(26)13-27-21)17-9-8-15(25)11-20(17)32-4/h8-9,11-14,16H,5-7,10H2,1-4H3,(H,28,31)(H,27,29,30). The third kappa shape index (κ3) is 6.63. The van der Waals surface area contributed by atoms with Crippen LogP contribution in [-0.2, 0) is 9.53 Å². The van der Waals surface area contributed by atoms with Crippen molar-refractivity contribution in [2.45, 2.75) is 58.1 Å². The first kappa shape index (κ1) is 24.4. The summed E-state index contributed by atoms with van der Waals surface area (Å²) in [4.78, 5) is 28.9. The molecule has 2 N–H and O–H groups in total. The van der Waals surface area contributed by atoms with Gasteiger partial charge in [-0.1, -0.05) is 6.42 Å². The molecule has 0 radical (unpaired) electrons. The average Bonchev–Trinajstić information content (AvgIpc) is 2.74. The van der Waals surface area contributed by atoms with Crippen molar-refractivity contribution in [3.05, 3.63) is 42.1 Å². The number of aromatic nitrogens is 1. The van der Waals surface area contributed by atoms with Gasteiger partial charge in [0.15, 0.2) is 0 Å². The Morgan fingerprint density at radius 2 is 1.88 bits per heavy atom. The molecule has 2 unspecified atom stereocenters. The van der Waals surface area contributed by atoms with Crippen LogP contribution < -0.4 is 15.4 Å². The fourth-order valence-corrected chi connectivity index (χ4v) is 3.86. The number of hydrogen-bond donors (Lipinski definition) is 2. The van der Waals surface area contributed by atoms with E-state index in [9.17, 15) is 18.4 Å². The van der Waals surface area contributed by atoms with Gasteiger partial charge in [0, 0.05) is 29.2 Å². The summed E-state index contributed by atoms with van der Waals surface area (Å²) >= 11 is 0. The van der Waals surface area contributed by atoms with E-state index in [1.807, 2.05) is 0 Å². The van der Waals surface area contributed by atoms with E-state index in [1.54, 1.807) is 20.8 Å². The molecule has 178 valence electrons. The zero-order valence-electron chi connectivity index (χ0n) is 19.2. The number of benzene rings is 1. The van der Waals surface area contributed by atoms with Crippen molar-refractivity contribution < 1.29 is 27.8 Å². The van der Waals surface area contributed by atoms with Crippen molar-refractivity contribution in [3.63, 3.8) is 0 Å². The van der Waals surface area contributed by atoms with Gasteiger partial charge in [0.05, 0.1) is 13.3 Å². The lowest BCUT2D eigenvalue weighted by Gasteiger charge is -2.30. The molecule has 3 rings (SSSR count). The fourth-order valence-electron chi connectivity index (χ4n) is 3.86. The van der Waals surface area contributed by atoms with E-state index in [0.29, 0.717) is 18.4 Å². The van der Waals surface area contributed by atoms with E-state index < -0.39 is 23.3 Å². The molecule has 1 saturated carbocycles.